The lowest BCUT2D eigenvalue weighted by molar-refractivity contribution is -0.144. The minimum absolute atomic E-state index is 0.317. The molecule has 2 rings (SSSR count). The second-order valence-corrected chi connectivity index (χ2v) is 5.55. The highest BCUT2D eigenvalue weighted by Crippen LogP contribution is 2.21. The molecule has 24 heavy (non-hydrogen) atoms. The minimum atomic E-state index is -1.72. The van der Waals surface area contributed by atoms with Gasteiger partial charge in [0.25, 0.3) is 11.5 Å². The van der Waals surface area contributed by atoms with Crippen LogP contribution in [0.1, 0.15) is 22.8 Å². The Morgan fingerprint density at radius 3 is 2.25 bits per heavy atom. The van der Waals surface area contributed by atoms with Gasteiger partial charge in [-0.05, 0) is 12.5 Å². The van der Waals surface area contributed by atoms with Gasteiger partial charge in [-0.15, -0.1) is 0 Å². The van der Waals surface area contributed by atoms with E-state index in [0.29, 0.717) is 5.56 Å². The smallest absolute Gasteiger partial charge is 0.333 e. The Hall–Kier alpha value is -3.16. The number of carboxylic acids is 1. The van der Waals surface area contributed by atoms with Crippen LogP contribution < -0.4 is 16.6 Å². The molecule has 0 aliphatic heterocycles. The van der Waals surface area contributed by atoms with E-state index in [1.165, 1.54) is 21.0 Å². The van der Waals surface area contributed by atoms with Crippen molar-refractivity contribution >= 4 is 11.9 Å². The van der Waals surface area contributed by atoms with Crippen molar-refractivity contribution in [3.8, 4) is 0 Å². The molecule has 1 atom stereocenters. The summed E-state index contributed by atoms with van der Waals surface area (Å²) in [5.74, 6) is -2.15. The number of amides is 1. The van der Waals surface area contributed by atoms with Gasteiger partial charge in [-0.1, -0.05) is 30.3 Å². The van der Waals surface area contributed by atoms with E-state index in [0.717, 1.165) is 15.3 Å². The number of aliphatic carboxylic acids is 1. The third kappa shape index (κ3) is 2.85. The molecule has 0 fully saturated rings. The van der Waals surface area contributed by atoms with E-state index >= 15 is 0 Å². The van der Waals surface area contributed by atoms with Crippen LogP contribution in [0.2, 0.25) is 0 Å². The molecule has 2 aromatic rings. The molecule has 2 N–H and O–H groups in total. The molecule has 0 spiro atoms. The summed E-state index contributed by atoms with van der Waals surface area (Å²) in [6.45, 7) is 1.33. The van der Waals surface area contributed by atoms with Gasteiger partial charge >= 0.3 is 11.7 Å². The van der Waals surface area contributed by atoms with Crippen molar-refractivity contribution in [3.63, 3.8) is 0 Å². The molecule has 0 aliphatic carbocycles. The molecule has 0 radical (unpaired) electrons. The van der Waals surface area contributed by atoms with Gasteiger partial charge < -0.3 is 15.0 Å². The summed E-state index contributed by atoms with van der Waals surface area (Å²) in [5.41, 5.74) is -3.06. The molecule has 0 aliphatic rings. The van der Waals surface area contributed by atoms with Crippen LogP contribution in [0.4, 0.5) is 0 Å². The van der Waals surface area contributed by atoms with Gasteiger partial charge in [0.1, 0.15) is 5.56 Å². The van der Waals surface area contributed by atoms with E-state index in [9.17, 15) is 24.3 Å². The van der Waals surface area contributed by atoms with Gasteiger partial charge in [0.05, 0.1) is 0 Å². The number of aryl methyl sites for hydroxylation is 1. The number of nitrogens with one attached hydrogen (secondary N) is 1. The third-order valence-electron chi connectivity index (χ3n) is 3.83. The molecule has 8 heteroatoms. The lowest BCUT2D eigenvalue weighted by Crippen LogP contribution is -2.51. The number of hydrogen-bond donors (Lipinski definition) is 2. The summed E-state index contributed by atoms with van der Waals surface area (Å²) in [4.78, 5) is 48.0. The second-order valence-electron chi connectivity index (χ2n) is 5.55. The van der Waals surface area contributed by atoms with Crippen molar-refractivity contribution in [1.29, 1.82) is 0 Å². The Morgan fingerprint density at radius 1 is 1.12 bits per heavy atom. The van der Waals surface area contributed by atoms with E-state index in [2.05, 4.69) is 5.32 Å². The quantitative estimate of drug-likeness (QED) is 0.807. The fourth-order valence-corrected chi connectivity index (χ4v) is 2.28. The number of benzene rings is 1. The van der Waals surface area contributed by atoms with Crippen molar-refractivity contribution in [2.24, 2.45) is 14.1 Å². The van der Waals surface area contributed by atoms with Crippen molar-refractivity contribution < 1.29 is 14.7 Å². The first kappa shape index (κ1) is 17.2. The van der Waals surface area contributed by atoms with Crippen LogP contribution in [0, 0.1) is 0 Å². The van der Waals surface area contributed by atoms with E-state index in [-0.39, 0.29) is 5.56 Å². The van der Waals surface area contributed by atoms with E-state index in [4.69, 9.17) is 0 Å². The number of rotatable bonds is 4. The maximum Gasteiger partial charge on any atom is 0.333 e. The highest BCUT2D eigenvalue weighted by Gasteiger charge is 2.37. The first-order valence-electron chi connectivity index (χ1n) is 7.06. The Labute approximate surface area is 137 Å². The van der Waals surface area contributed by atoms with Gasteiger partial charge in [0.15, 0.2) is 5.54 Å². The van der Waals surface area contributed by atoms with E-state index in [1.54, 1.807) is 30.3 Å². The Kier molecular flexibility index (Phi) is 4.41. The Morgan fingerprint density at radius 2 is 1.71 bits per heavy atom. The molecular weight excluding hydrogens is 314 g/mol. The number of nitrogens with zero attached hydrogens (tertiary/aromatic N) is 2. The molecular formula is C16H17N3O5. The molecule has 0 saturated carbocycles. The standard InChI is InChI=1S/C16H17N3O5/c1-16(14(22)23,10-7-5-4-6-8-10)17-12(20)11-9-18(2)15(24)19(3)13(11)21/h4-9H,1-3H3,(H,17,20)(H,22,23)/t16-/m0/s1. The molecule has 0 unspecified atom stereocenters. The molecule has 1 aromatic carbocycles. The highest BCUT2D eigenvalue weighted by atomic mass is 16.4. The first-order valence-corrected chi connectivity index (χ1v) is 7.06. The topological polar surface area (TPSA) is 110 Å². The summed E-state index contributed by atoms with van der Waals surface area (Å²) in [6.07, 6.45) is 1.09. The van der Waals surface area contributed by atoms with Crippen molar-refractivity contribution in [2.75, 3.05) is 0 Å². The third-order valence-corrected chi connectivity index (χ3v) is 3.83. The minimum Gasteiger partial charge on any atom is -0.479 e. The van der Waals surface area contributed by atoms with E-state index in [1.807, 2.05) is 0 Å². The zero-order chi connectivity index (χ0) is 18.1. The lowest BCUT2D eigenvalue weighted by atomic mass is 9.92. The summed E-state index contributed by atoms with van der Waals surface area (Å²) >= 11 is 0. The van der Waals surface area contributed by atoms with Crippen LogP contribution >= 0.6 is 0 Å². The summed E-state index contributed by atoms with van der Waals surface area (Å²) in [5, 5.41) is 11.9. The van der Waals surface area contributed by atoms with Crippen LogP contribution in [0.25, 0.3) is 0 Å². The highest BCUT2D eigenvalue weighted by molar-refractivity contribution is 5.97. The molecule has 1 amide bonds. The fraction of sp³-hybridized carbons (Fsp3) is 0.250. The van der Waals surface area contributed by atoms with Gasteiger partial charge in [0, 0.05) is 20.3 Å². The predicted molar refractivity (Wildman–Crippen MR) is 85.8 cm³/mol. The number of carboxylic acid groups (broad SMARTS) is 1. The normalized spacial score (nSPS) is 13.1. The number of carbonyl (C=O) groups is 2. The maximum absolute atomic E-state index is 12.5. The molecule has 1 heterocycles. The van der Waals surface area contributed by atoms with Gasteiger partial charge in [-0.3, -0.25) is 14.2 Å². The van der Waals surface area contributed by atoms with Crippen LogP contribution in [0.5, 0.6) is 0 Å². The largest absolute Gasteiger partial charge is 0.479 e. The zero-order valence-electron chi connectivity index (χ0n) is 13.4. The van der Waals surface area contributed by atoms with Crippen LogP contribution in [0.3, 0.4) is 0 Å². The van der Waals surface area contributed by atoms with Crippen molar-refractivity contribution in [2.45, 2.75) is 12.5 Å². The maximum atomic E-state index is 12.5. The summed E-state index contributed by atoms with van der Waals surface area (Å²) in [7, 11) is 2.64. The molecule has 126 valence electrons. The Balaban J connectivity index is 2.50. The SMILES string of the molecule is Cn1cc(C(=O)N[C@](C)(C(=O)O)c2ccccc2)c(=O)n(C)c1=O. The van der Waals surface area contributed by atoms with Gasteiger partial charge in [0.2, 0.25) is 0 Å². The van der Waals surface area contributed by atoms with Crippen molar-refractivity contribution in [1.82, 2.24) is 14.5 Å². The second kappa shape index (κ2) is 6.15. The number of carbonyl (C=O) groups excluding carboxylic acids is 1. The Bertz CT molecular complexity index is 914. The summed E-state index contributed by atoms with van der Waals surface area (Å²) in [6, 6.07) is 8.14. The molecule has 0 saturated heterocycles. The average Bonchev–Trinajstić information content (AvgIpc) is 2.56. The predicted octanol–water partition coefficient (Wildman–Crippen LogP) is -0.186. The molecule has 8 nitrogen and oxygen atoms in total. The lowest BCUT2D eigenvalue weighted by Gasteiger charge is -2.26. The molecule has 1 aromatic heterocycles. The monoisotopic (exact) mass is 331 g/mol. The van der Waals surface area contributed by atoms with Crippen LogP contribution in [0.15, 0.2) is 46.1 Å². The zero-order valence-corrected chi connectivity index (χ0v) is 13.4. The fourth-order valence-electron chi connectivity index (χ4n) is 2.28. The van der Waals surface area contributed by atoms with Crippen LogP contribution in [-0.4, -0.2) is 26.1 Å². The molecule has 0 bridgehead atoms. The van der Waals surface area contributed by atoms with E-state index < -0.39 is 28.7 Å². The average molecular weight is 331 g/mol. The first-order chi connectivity index (χ1) is 11.2. The van der Waals surface area contributed by atoms with Gasteiger partial charge in [-0.2, -0.15) is 0 Å². The van der Waals surface area contributed by atoms with Gasteiger partial charge in [-0.25, -0.2) is 9.59 Å². The van der Waals surface area contributed by atoms with Crippen molar-refractivity contribution in [3.05, 3.63) is 68.5 Å². The summed E-state index contributed by atoms with van der Waals surface area (Å²) < 4.78 is 1.87. The van der Waals surface area contributed by atoms with Crippen LogP contribution in [-0.2, 0) is 24.4 Å². The number of hydrogen-bond acceptors (Lipinski definition) is 4. The number of aromatic nitrogens is 2.